The monoisotopic (exact) mass is 214 g/mol. The molecule has 0 bridgehead atoms. The molecule has 0 aliphatic rings. The van der Waals surface area contributed by atoms with Crippen molar-refractivity contribution in [3.05, 3.63) is 16.6 Å². The molecule has 0 saturated carbocycles. The molecule has 4 heteroatoms. The fraction of sp³-hybridized carbons (Fsp3) is 0.700. The van der Waals surface area contributed by atoms with Crippen molar-refractivity contribution in [1.29, 1.82) is 0 Å². The maximum Gasteiger partial charge on any atom is 0.0794 e. The molecule has 3 nitrogen and oxygen atoms in total. The molecule has 0 aliphatic carbocycles. The van der Waals surface area contributed by atoms with Gasteiger partial charge in [0.15, 0.2) is 0 Å². The molecule has 0 amide bonds. The van der Waals surface area contributed by atoms with Crippen LogP contribution in [0.2, 0.25) is 0 Å². The maximum absolute atomic E-state index is 8.86. The summed E-state index contributed by atoms with van der Waals surface area (Å²) in [4.78, 5) is 5.30. The lowest BCUT2D eigenvalue weighted by Gasteiger charge is -2.20. The van der Waals surface area contributed by atoms with E-state index in [1.165, 1.54) is 4.88 Å². The van der Waals surface area contributed by atoms with Crippen LogP contribution < -0.4 is 5.32 Å². The highest BCUT2D eigenvalue weighted by Crippen LogP contribution is 2.17. The fourth-order valence-electron chi connectivity index (χ4n) is 1.44. The van der Waals surface area contributed by atoms with E-state index in [0.717, 1.165) is 12.8 Å². The Morgan fingerprint density at radius 3 is 2.93 bits per heavy atom. The van der Waals surface area contributed by atoms with Gasteiger partial charge in [-0.15, -0.1) is 11.3 Å². The average Bonchev–Trinajstić information content (AvgIpc) is 2.69. The highest BCUT2D eigenvalue weighted by molar-refractivity contribution is 7.09. The van der Waals surface area contributed by atoms with Gasteiger partial charge in [0.25, 0.3) is 0 Å². The van der Waals surface area contributed by atoms with Crippen LogP contribution in [0.4, 0.5) is 0 Å². The van der Waals surface area contributed by atoms with Crippen LogP contribution in [0, 0.1) is 0 Å². The molecule has 2 N–H and O–H groups in total. The zero-order valence-electron chi connectivity index (χ0n) is 8.73. The zero-order valence-corrected chi connectivity index (χ0v) is 9.55. The summed E-state index contributed by atoms with van der Waals surface area (Å²) in [6, 6.07) is 0.732. The van der Waals surface area contributed by atoms with Gasteiger partial charge in [-0.1, -0.05) is 6.92 Å². The Labute approximate surface area is 89.2 Å². The predicted molar refractivity (Wildman–Crippen MR) is 59.4 cm³/mol. The molecule has 0 saturated heterocycles. The topological polar surface area (TPSA) is 45.1 Å². The maximum atomic E-state index is 8.86. The largest absolute Gasteiger partial charge is 0.396 e. The molecule has 1 aromatic heterocycles. The molecule has 2 atom stereocenters. The summed E-state index contributed by atoms with van der Waals surface area (Å²) >= 11 is 1.67. The van der Waals surface area contributed by atoms with Crippen LogP contribution in [0.5, 0.6) is 0 Å². The molecule has 0 spiro atoms. The average molecular weight is 214 g/mol. The Morgan fingerprint density at radius 2 is 2.43 bits per heavy atom. The SMILES string of the molecule is CCC(CCO)NC(C)c1cncs1. The molecule has 1 heterocycles. The second-order valence-corrected chi connectivity index (χ2v) is 4.33. The fourth-order valence-corrected chi connectivity index (χ4v) is 2.07. The lowest BCUT2D eigenvalue weighted by Crippen LogP contribution is -2.31. The zero-order chi connectivity index (χ0) is 10.4. The number of thiazole rings is 1. The van der Waals surface area contributed by atoms with Gasteiger partial charge in [-0.3, -0.25) is 4.98 Å². The van der Waals surface area contributed by atoms with Crippen LogP contribution in [-0.2, 0) is 0 Å². The molecule has 1 aromatic rings. The van der Waals surface area contributed by atoms with Gasteiger partial charge in [-0.05, 0) is 19.8 Å². The van der Waals surface area contributed by atoms with Crippen LogP contribution in [0.25, 0.3) is 0 Å². The Bertz CT molecular complexity index is 238. The molecule has 0 radical (unpaired) electrons. The van der Waals surface area contributed by atoms with Gasteiger partial charge in [0, 0.05) is 29.8 Å². The predicted octanol–water partition coefficient (Wildman–Crippen LogP) is 1.95. The lowest BCUT2D eigenvalue weighted by molar-refractivity contribution is 0.257. The van der Waals surface area contributed by atoms with E-state index in [1.54, 1.807) is 11.3 Å². The molecule has 2 unspecified atom stereocenters. The van der Waals surface area contributed by atoms with Crippen molar-refractivity contribution in [2.24, 2.45) is 0 Å². The van der Waals surface area contributed by atoms with Gasteiger partial charge in [-0.25, -0.2) is 0 Å². The summed E-state index contributed by atoms with van der Waals surface area (Å²) in [5.74, 6) is 0. The first-order valence-electron chi connectivity index (χ1n) is 5.03. The molecule has 0 fully saturated rings. The molecular weight excluding hydrogens is 196 g/mol. The second-order valence-electron chi connectivity index (χ2n) is 3.41. The Kier molecular flexibility index (Phi) is 5.07. The van der Waals surface area contributed by atoms with Gasteiger partial charge in [-0.2, -0.15) is 0 Å². The molecular formula is C10H18N2OS. The quantitative estimate of drug-likeness (QED) is 0.761. The summed E-state index contributed by atoms with van der Waals surface area (Å²) < 4.78 is 0. The van der Waals surface area contributed by atoms with Gasteiger partial charge in [0.2, 0.25) is 0 Å². The first-order valence-corrected chi connectivity index (χ1v) is 5.91. The van der Waals surface area contributed by atoms with Crippen molar-refractivity contribution in [2.75, 3.05) is 6.61 Å². The van der Waals surface area contributed by atoms with Gasteiger partial charge in [0.05, 0.1) is 5.51 Å². The van der Waals surface area contributed by atoms with Gasteiger partial charge in [0.1, 0.15) is 0 Å². The third kappa shape index (κ3) is 3.36. The standard InChI is InChI=1S/C10H18N2OS/c1-3-9(4-5-13)12-8(2)10-6-11-7-14-10/h6-9,12-13H,3-5H2,1-2H3. The number of nitrogens with one attached hydrogen (secondary N) is 1. The van der Waals surface area contributed by atoms with Crippen molar-refractivity contribution >= 4 is 11.3 Å². The summed E-state index contributed by atoms with van der Waals surface area (Å²) in [6.45, 7) is 4.52. The van der Waals surface area contributed by atoms with E-state index in [0.29, 0.717) is 12.1 Å². The third-order valence-electron chi connectivity index (χ3n) is 2.33. The van der Waals surface area contributed by atoms with Crippen LogP contribution in [0.1, 0.15) is 37.6 Å². The normalized spacial score (nSPS) is 15.4. The smallest absolute Gasteiger partial charge is 0.0794 e. The molecule has 0 aliphatic heterocycles. The van der Waals surface area contributed by atoms with Crippen LogP contribution >= 0.6 is 11.3 Å². The lowest BCUT2D eigenvalue weighted by atomic mass is 10.1. The molecule has 0 aromatic carbocycles. The van der Waals surface area contributed by atoms with Gasteiger partial charge >= 0.3 is 0 Å². The Morgan fingerprint density at radius 1 is 1.64 bits per heavy atom. The number of hydrogen-bond acceptors (Lipinski definition) is 4. The Hall–Kier alpha value is -0.450. The molecule has 80 valence electrons. The van der Waals surface area contributed by atoms with E-state index in [2.05, 4.69) is 24.1 Å². The summed E-state index contributed by atoms with van der Waals surface area (Å²) in [6.07, 6.45) is 3.76. The van der Waals surface area contributed by atoms with E-state index in [4.69, 9.17) is 5.11 Å². The second kappa shape index (κ2) is 6.11. The number of aromatic nitrogens is 1. The summed E-state index contributed by atoms with van der Waals surface area (Å²) in [7, 11) is 0. The van der Waals surface area contributed by atoms with Crippen molar-refractivity contribution in [2.45, 2.75) is 38.8 Å². The third-order valence-corrected chi connectivity index (χ3v) is 3.29. The highest BCUT2D eigenvalue weighted by atomic mass is 32.1. The Balaban J connectivity index is 2.42. The minimum Gasteiger partial charge on any atom is -0.396 e. The number of rotatable bonds is 6. The van der Waals surface area contributed by atoms with E-state index in [1.807, 2.05) is 11.7 Å². The van der Waals surface area contributed by atoms with Crippen LogP contribution in [0.3, 0.4) is 0 Å². The first-order chi connectivity index (χ1) is 6.77. The number of hydrogen-bond donors (Lipinski definition) is 2. The number of aliphatic hydroxyl groups excluding tert-OH is 1. The van der Waals surface area contributed by atoms with Crippen molar-refractivity contribution in [3.63, 3.8) is 0 Å². The van der Waals surface area contributed by atoms with E-state index in [9.17, 15) is 0 Å². The van der Waals surface area contributed by atoms with Crippen LogP contribution in [0.15, 0.2) is 11.7 Å². The van der Waals surface area contributed by atoms with Crippen LogP contribution in [-0.4, -0.2) is 22.7 Å². The number of aliphatic hydroxyl groups is 1. The molecule has 1 rings (SSSR count). The summed E-state index contributed by atoms with van der Waals surface area (Å²) in [5.41, 5.74) is 1.85. The molecule has 14 heavy (non-hydrogen) atoms. The van der Waals surface area contributed by atoms with E-state index in [-0.39, 0.29) is 6.61 Å². The van der Waals surface area contributed by atoms with Crippen molar-refractivity contribution < 1.29 is 5.11 Å². The minimum atomic E-state index is 0.251. The minimum absolute atomic E-state index is 0.251. The van der Waals surface area contributed by atoms with Gasteiger partial charge < -0.3 is 10.4 Å². The number of nitrogens with zero attached hydrogens (tertiary/aromatic N) is 1. The van der Waals surface area contributed by atoms with Crippen molar-refractivity contribution in [3.8, 4) is 0 Å². The van der Waals surface area contributed by atoms with Crippen molar-refractivity contribution in [1.82, 2.24) is 10.3 Å². The van der Waals surface area contributed by atoms with E-state index < -0.39 is 0 Å². The summed E-state index contributed by atoms with van der Waals surface area (Å²) in [5, 5.41) is 12.3. The highest BCUT2D eigenvalue weighted by Gasteiger charge is 2.12. The van der Waals surface area contributed by atoms with E-state index >= 15 is 0 Å². The first kappa shape index (κ1) is 11.6.